The third-order valence-electron chi connectivity index (χ3n) is 9.70. The molecule has 13 atom stereocenters. The predicted molar refractivity (Wildman–Crippen MR) is 192 cm³/mol. The van der Waals surface area contributed by atoms with Gasteiger partial charge >= 0.3 is 12.1 Å². The maximum Gasteiger partial charge on any atom is 0.411 e. The summed E-state index contributed by atoms with van der Waals surface area (Å²) in [7, 11) is 1.57. The lowest BCUT2D eigenvalue weighted by molar-refractivity contribution is -0.179. The predicted octanol–water partition coefficient (Wildman–Crippen LogP) is 6.07. The zero-order valence-corrected chi connectivity index (χ0v) is 30.3. The molecule has 10 nitrogen and oxygen atoms in total. The largest absolute Gasteiger partial charge is 0.497 e. The van der Waals surface area contributed by atoms with Crippen molar-refractivity contribution < 1.29 is 44.2 Å². The van der Waals surface area contributed by atoms with E-state index in [-0.39, 0.29) is 36.0 Å². The van der Waals surface area contributed by atoms with E-state index in [1.807, 2.05) is 52.8 Å². The second-order valence-electron chi connectivity index (χ2n) is 13.7. The molecule has 1 fully saturated rings. The van der Waals surface area contributed by atoms with Crippen LogP contribution in [0.15, 0.2) is 73.4 Å². The summed E-state index contributed by atoms with van der Waals surface area (Å²) in [6, 6.07) is 6.90. The number of methoxy groups -OCH3 is 1. The molecule has 1 amide bonds. The smallest absolute Gasteiger partial charge is 0.411 e. The standard InChI is InChI=1S/C39H59NO9/c1-10-11-13-26(5)37(49-39(46)40-30-17-20-32(47-9)21-18-30)28(7)35(43)24(3)15-12-14-23(2)34(42)25(4)16-19-31(41)22-33-27(6)36(44)29(8)38(45)48-33/h10-14,16-21,23-29,31,33-37,41-44H,1,15,22H2,2-9H3,(H,40,46)/b13-11-,14-12-,19-16-/t23-,24-,25-,26-,27-,28-,29+,31+,33-,34+,35+,36-,37-/m0/s1. The van der Waals surface area contributed by atoms with Crippen LogP contribution in [0.5, 0.6) is 5.75 Å². The molecule has 0 spiro atoms. The van der Waals surface area contributed by atoms with Crippen molar-refractivity contribution in [2.45, 2.75) is 97.9 Å². The summed E-state index contributed by atoms with van der Waals surface area (Å²) in [5.41, 5.74) is 0.555. The number of nitrogens with one attached hydrogen (secondary N) is 1. The number of anilines is 1. The van der Waals surface area contributed by atoms with Crippen molar-refractivity contribution in [1.29, 1.82) is 0 Å². The Balaban J connectivity index is 1.95. The van der Waals surface area contributed by atoms with Crippen molar-refractivity contribution in [3.63, 3.8) is 0 Å². The number of aliphatic hydroxyl groups excluding tert-OH is 4. The van der Waals surface area contributed by atoms with E-state index in [2.05, 4.69) is 11.9 Å². The van der Waals surface area contributed by atoms with E-state index in [4.69, 9.17) is 14.2 Å². The summed E-state index contributed by atoms with van der Waals surface area (Å²) in [5.74, 6) is -1.96. The molecule has 1 aromatic rings. The lowest BCUT2D eigenvalue weighted by Gasteiger charge is -2.36. The molecule has 1 aliphatic rings. The summed E-state index contributed by atoms with van der Waals surface area (Å²) < 4.78 is 16.5. The van der Waals surface area contributed by atoms with Gasteiger partial charge in [0.1, 0.15) is 18.0 Å². The number of cyclic esters (lactones) is 1. The molecule has 49 heavy (non-hydrogen) atoms. The van der Waals surface area contributed by atoms with Gasteiger partial charge in [0.2, 0.25) is 0 Å². The molecule has 0 saturated carbocycles. The van der Waals surface area contributed by atoms with E-state index in [9.17, 15) is 30.0 Å². The highest BCUT2D eigenvalue weighted by molar-refractivity contribution is 5.84. The molecule has 274 valence electrons. The summed E-state index contributed by atoms with van der Waals surface area (Å²) in [6.45, 7) is 16.6. The molecule has 1 heterocycles. The van der Waals surface area contributed by atoms with E-state index in [0.717, 1.165) is 0 Å². The highest BCUT2D eigenvalue weighted by Crippen LogP contribution is 2.30. The Morgan fingerprint density at radius 2 is 1.59 bits per heavy atom. The van der Waals surface area contributed by atoms with Gasteiger partial charge in [0.15, 0.2) is 0 Å². The average Bonchev–Trinajstić information content (AvgIpc) is 3.08. The number of hydrogen-bond acceptors (Lipinski definition) is 9. The van der Waals surface area contributed by atoms with Crippen molar-refractivity contribution in [2.24, 2.45) is 41.4 Å². The van der Waals surface area contributed by atoms with Crippen LogP contribution in [0.1, 0.15) is 61.3 Å². The van der Waals surface area contributed by atoms with Gasteiger partial charge in [0.25, 0.3) is 0 Å². The minimum absolute atomic E-state index is 0.159. The van der Waals surface area contributed by atoms with Crippen LogP contribution in [0.3, 0.4) is 0 Å². The van der Waals surface area contributed by atoms with Crippen LogP contribution in [-0.2, 0) is 14.3 Å². The number of hydrogen-bond donors (Lipinski definition) is 5. The highest BCUT2D eigenvalue weighted by Gasteiger charge is 2.41. The van der Waals surface area contributed by atoms with Crippen LogP contribution in [0.25, 0.3) is 0 Å². The number of benzene rings is 1. The number of esters is 1. The van der Waals surface area contributed by atoms with E-state index in [0.29, 0.717) is 17.9 Å². The lowest BCUT2D eigenvalue weighted by Crippen LogP contribution is -2.47. The minimum atomic E-state index is -0.901. The molecule has 0 unspecified atom stereocenters. The fourth-order valence-corrected chi connectivity index (χ4v) is 6.13. The first-order chi connectivity index (χ1) is 23.1. The number of carbonyl (C=O) groups excluding carboxylic acids is 2. The topological polar surface area (TPSA) is 155 Å². The van der Waals surface area contributed by atoms with Gasteiger partial charge in [-0.25, -0.2) is 4.79 Å². The summed E-state index contributed by atoms with van der Waals surface area (Å²) in [4.78, 5) is 24.9. The molecule has 0 radical (unpaired) electrons. The Morgan fingerprint density at radius 3 is 2.20 bits per heavy atom. The molecule has 10 heteroatoms. The monoisotopic (exact) mass is 685 g/mol. The average molecular weight is 686 g/mol. The molecule has 1 saturated heterocycles. The number of rotatable bonds is 18. The van der Waals surface area contributed by atoms with E-state index < -0.39 is 60.5 Å². The van der Waals surface area contributed by atoms with Crippen molar-refractivity contribution in [3.8, 4) is 5.75 Å². The Kier molecular flexibility index (Phi) is 17.3. The Hall–Kier alpha value is -3.44. The first kappa shape index (κ1) is 41.7. The third-order valence-corrected chi connectivity index (χ3v) is 9.70. The number of aliphatic hydroxyl groups is 4. The maximum atomic E-state index is 12.9. The fraction of sp³-hybridized carbons (Fsp3) is 0.590. The molecule has 0 aromatic heterocycles. The summed E-state index contributed by atoms with van der Waals surface area (Å²) >= 11 is 0. The van der Waals surface area contributed by atoms with Crippen molar-refractivity contribution in [3.05, 3.63) is 73.4 Å². The second-order valence-corrected chi connectivity index (χ2v) is 13.7. The van der Waals surface area contributed by atoms with Crippen LogP contribution in [0.4, 0.5) is 10.5 Å². The number of amides is 1. The number of carbonyl (C=O) groups is 2. The van der Waals surface area contributed by atoms with Gasteiger partial charge in [-0.3, -0.25) is 10.1 Å². The first-order valence-corrected chi connectivity index (χ1v) is 17.3. The number of ether oxygens (including phenoxy) is 3. The molecular formula is C39H59NO9. The quantitative estimate of drug-likeness (QED) is 0.0704. The van der Waals surface area contributed by atoms with Gasteiger partial charge in [-0.15, -0.1) is 0 Å². The van der Waals surface area contributed by atoms with Gasteiger partial charge < -0.3 is 34.6 Å². The normalized spacial score (nSPS) is 25.5. The lowest BCUT2D eigenvalue weighted by atomic mass is 9.82. The Morgan fingerprint density at radius 1 is 0.959 bits per heavy atom. The number of allylic oxidation sites excluding steroid dienone is 3. The van der Waals surface area contributed by atoms with Gasteiger partial charge in [0.05, 0.1) is 37.4 Å². The van der Waals surface area contributed by atoms with Gasteiger partial charge in [-0.05, 0) is 43.5 Å². The molecular weight excluding hydrogens is 626 g/mol. The summed E-state index contributed by atoms with van der Waals surface area (Å²) in [5, 5.41) is 45.8. The SMILES string of the molecule is C=C/C=C\[C@H](C)[C@H](OC(=O)Nc1ccc(OC)cc1)[C@@H](C)[C@H](O)[C@@H](C)C/C=C\[C@H](C)[C@@H](O)[C@@H](C)/C=C\[C@@H](O)C[C@@H]1OC(=O)[C@H](C)[C@@H](O)[C@H]1C. The molecule has 0 bridgehead atoms. The van der Waals surface area contributed by atoms with Crippen LogP contribution in [0, 0.1) is 41.4 Å². The second kappa shape index (κ2) is 20.3. The zero-order valence-electron chi connectivity index (χ0n) is 30.3. The molecule has 0 aliphatic carbocycles. The summed E-state index contributed by atoms with van der Waals surface area (Å²) in [6.07, 6.45) is 8.14. The molecule has 1 aliphatic heterocycles. The maximum absolute atomic E-state index is 12.9. The molecule has 2 rings (SSSR count). The van der Waals surface area contributed by atoms with Crippen molar-refractivity contribution in [2.75, 3.05) is 12.4 Å². The van der Waals surface area contributed by atoms with Crippen LogP contribution < -0.4 is 10.1 Å². The fourth-order valence-electron chi connectivity index (χ4n) is 6.13. The van der Waals surface area contributed by atoms with Crippen LogP contribution in [-0.4, -0.2) is 76.2 Å². The molecule has 1 aromatic carbocycles. The van der Waals surface area contributed by atoms with Crippen LogP contribution >= 0.6 is 0 Å². The van der Waals surface area contributed by atoms with Gasteiger partial charge in [-0.1, -0.05) is 90.7 Å². The zero-order chi connectivity index (χ0) is 36.8. The Labute approximate surface area is 292 Å². The van der Waals surface area contributed by atoms with E-state index in [1.165, 1.54) is 0 Å². The van der Waals surface area contributed by atoms with Crippen LogP contribution in [0.2, 0.25) is 0 Å². The van der Waals surface area contributed by atoms with E-state index >= 15 is 0 Å². The third kappa shape index (κ3) is 12.8. The van der Waals surface area contributed by atoms with Gasteiger partial charge in [0, 0.05) is 41.7 Å². The first-order valence-electron chi connectivity index (χ1n) is 17.3. The van der Waals surface area contributed by atoms with E-state index in [1.54, 1.807) is 69.5 Å². The highest BCUT2D eigenvalue weighted by atomic mass is 16.6. The molecule has 5 N–H and O–H groups in total. The van der Waals surface area contributed by atoms with Crippen molar-refractivity contribution in [1.82, 2.24) is 0 Å². The van der Waals surface area contributed by atoms with Crippen molar-refractivity contribution >= 4 is 17.7 Å². The van der Waals surface area contributed by atoms with Gasteiger partial charge in [-0.2, -0.15) is 0 Å². The Bertz CT molecular complexity index is 1260. The minimum Gasteiger partial charge on any atom is -0.497 e.